The molecule has 0 spiro atoms. The summed E-state index contributed by atoms with van der Waals surface area (Å²) in [6.45, 7) is 2.30. The number of aromatic nitrogens is 1. The molecule has 2 aromatic carbocycles. The lowest BCUT2D eigenvalue weighted by atomic mass is 10.1. The van der Waals surface area contributed by atoms with Gasteiger partial charge in [-0.05, 0) is 42.0 Å². The monoisotopic (exact) mass is 348 g/mol. The van der Waals surface area contributed by atoms with Crippen molar-refractivity contribution >= 4 is 28.0 Å². The maximum atomic E-state index is 12.4. The fourth-order valence-electron chi connectivity index (χ4n) is 2.69. The van der Waals surface area contributed by atoms with Crippen molar-refractivity contribution in [2.24, 2.45) is 0 Å². The van der Waals surface area contributed by atoms with Gasteiger partial charge in [-0.3, -0.25) is 4.79 Å². The van der Waals surface area contributed by atoms with E-state index in [1.54, 1.807) is 11.3 Å². The maximum Gasteiger partial charge on any atom is 0.251 e. The smallest absolute Gasteiger partial charge is 0.251 e. The van der Waals surface area contributed by atoms with Crippen LogP contribution in [0.25, 0.3) is 22.2 Å². The molecule has 4 rings (SSSR count). The average Bonchev–Trinajstić information content (AvgIpc) is 3.28. The predicted molar refractivity (Wildman–Crippen MR) is 99.7 cm³/mol. The minimum atomic E-state index is -0.117. The van der Waals surface area contributed by atoms with Crippen LogP contribution in [0.1, 0.15) is 21.1 Å². The first kappa shape index (κ1) is 15.6. The van der Waals surface area contributed by atoms with E-state index in [1.165, 1.54) is 0 Å². The molecule has 25 heavy (non-hydrogen) atoms. The number of carbonyl (C=O) groups is 1. The molecule has 5 heteroatoms. The third-order valence-electron chi connectivity index (χ3n) is 3.97. The SMILES string of the molecule is Cc1nc(-c2ccc(CNC(=O)c3ccc4ccccc4c3)o2)cs1. The topological polar surface area (TPSA) is 55.1 Å². The van der Waals surface area contributed by atoms with Crippen LogP contribution < -0.4 is 5.32 Å². The standard InChI is InChI=1S/C20H16N2O2S/c1-13-22-18(12-25-13)19-9-8-17(24-19)11-21-20(23)16-7-6-14-4-2-3-5-15(14)10-16/h2-10,12H,11H2,1H3,(H,21,23). The van der Waals surface area contributed by atoms with E-state index < -0.39 is 0 Å². The minimum absolute atomic E-state index is 0.117. The van der Waals surface area contributed by atoms with Crippen LogP contribution in [0.3, 0.4) is 0 Å². The number of amides is 1. The Morgan fingerprint density at radius 3 is 2.76 bits per heavy atom. The molecule has 0 aliphatic heterocycles. The van der Waals surface area contributed by atoms with Crippen molar-refractivity contribution in [3.05, 3.63) is 76.3 Å². The molecule has 4 nitrogen and oxygen atoms in total. The van der Waals surface area contributed by atoms with E-state index in [0.717, 1.165) is 27.2 Å². The third-order valence-corrected chi connectivity index (χ3v) is 4.74. The van der Waals surface area contributed by atoms with Crippen molar-refractivity contribution in [2.75, 3.05) is 0 Å². The Balaban J connectivity index is 1.45. The summed E-state index contributed by atoms with van der Waals surface area (Å²) in [4.78, 5) is 16.8. The molecule has 4 aromatic rings. The van der Waals surface area contributed by atoms with Gasteiger partial charge in [0.25, 0.3) is 5.91 Å². The number of nitrogens with zero attached hydrogens (tertiary/aromatic N) is 1. The van der Waals surface area contributed by atoms with Gasteiger partial charge in [0.2, 0.25) is 0 Å². The van der Waals surface area contributed by atoms with E-state index in [4.69, 9.17) is 4.42 Å². The number of rotatable bonds is 4. The second-order valence-electron chi connectivity index (χ2n) is 5.76. The summed E-state index contributed by atoms with van der Waals surface area (Å²) in [6.07, 6.45) is 0. The van der Waals surface area contributed by atoms with Gasteiger partial charge < -0.3 is 9.73 Å². The maximum absolute atomic E-state index is 12.4. The van der Waals surface area contributed by atoms with Gasteiger partial charge in [0.1, 0.15) is 11.5 Å². The van der Waals surface area contributed by atoms with Gasteiger partial charge in [-0.25, -0.2) is 4.98 Å². The highest BCUT2D eigenvalue weighted by molar-refractivity contribution is 7.09. The van der Waals surface area contributed by atoms with Gasteiger partial charge >= 0.3 is 0 Å². The first-order chi connectivity index (χ1) is 12.2. The number of aryl methyl sites for hydroxylation is 1. The molecule has 2 heterocycles. The molecular formula is C20H16N2O2S. The highest BCUT2D eigenvalue weighted by Gasteiger charge is 2.10. The van der Waals surface area contributed by atoms with Gasteiger partial charge in [0.05, 0.1) is 11.6 Å². The zero-order valence-electron chi connectivity index (χ0n) is 13.7. The van der Waals surface area contributed by atoms with Crippen LogP contribution in [0.5, 0.6) is 0 Å². The molecule has 0 unspecified atom stereocenters. The zero-order chi connectivity index (χ0) is 17.2. The van der Waals surface area contributed by atoms with Gasteiger partial charge in [0.15, 0.2) is 5.76 Å². The average molecular weight is 348 g/mol. The predicted octanol–water partition coefficient (Wildman–Crippen LogP) is 4.79. The van der Waals surface area contributed by atoms with Crippen LogP contribution >= 0.6 is 11.3 Å². The molecule has 0 saturated carbocycles. The summed E-state index contributed by atoms with van der Waals surface area (Å²) >= 11 is 1.58. The number of hydrogen-bond acceptors (Lipinski definition) is 4. The minimum Gasteiger partial charge on any atom is -0.458 e. The van der Waals surface area contributed by atoms with E-state index >= 15 is 0 Å². The number of furan rings is 1. The van der Waals surface area contributed by atoms with E-state index in [1.807, 2.05) is 66.9 Å². The largest absolute Gasteiger partial charge is 0.458 e. The summed E-state index contributed by atoms with van der Waals surface area (Å²) in [5, 5.41) is 8.03. The van der Waals surface area contributed by atoms with E-state index in [-0.39, 0.29) is 5.91 Å². The van der Waals surface area contributed by atoms with E-state index in [0.29, 0.717) is 17.9 Å². The lowest BCUT2D eigenvalue weighted by Gasteiger charge is -2.05. The van der Waals surface area contributed by atoms with Crippen LogP contribution in [-0.2, 0) is 6.54 Å². The fourth-order valence-corrected chi connectivity index (χ4v) is 3.29. The molecule has 124 valence electrons. The first-order valence-electron chi connectivity index (χ1n) is 7.97. The Labute approximate surface area is 149 Å². The lowest BCUT2D eigenvalue weighted by Crippen LogP contribution is -2.22. The Morgan fingerprint density at radius 1 is 1.12 bits per heavy atom. The summed E-state index contributed by atoms with van der Waals surface area (Å²) in [6, 6.07) is 17.4. The third kappa shape index (κ3) is 3.32. The van der Waals surface area contributed by atoms with E-state index in [2.05, 4.69) is 10.3 Å². The number of hydrogen-bond donors (Lipinski definition) is 1. The number of fused-ring (bicyclic) bond motifs is 1. The van der Waals surface area contributed by atoms with Crippen molar-refractivity contribution in [3.8, 4) is 11.5 Å². The number of nitrogens with one attached hydrogen (secondary N) is 1. The molecular weight excluding hydrogens is 332 g/mol. The molecule has 1 N–H and O–H groups in total. The first-order valence-corrected chi connectivity index (χ1v) is 8.85. The molecule has 1 amide bonds. The Kier molecular flexibility index (Phi) is 4.07. The van der Waals surface area contributed by atoms with Crippen molar-refractivity contribution in [1.29, 1.82) is 0 Å². The van der Waals surface area contributed by atoms with Gasteiger partial charge in [-0.1, -0.05) is 30.3 Å². The van der Waals surface area contributed by atoms with Crippen LogP contribution in [-0.4, -0.2) is 10.9 Å². The molecule has 0 saturated heterocycles. The van der Waals surface area contributed by atoms with Gasteiger partial charge in [-0.2, -0.15) is 0 Å². The van der Waals surface area contributed by atoms with Crippen LogP contribution in [0.4, 0.5) is 0 Å². The zero-order valence-corrected chi connectivity index (χ0v) is 14.5. The van der Waals surface area contributed by atoms with Crippen molar-refractivity contribution in [3.63, 3.8) is 0 Å². The summed E-state index contributed by atoms with van der Waals surface area (Å²) < 4.78 is 5.77. The fraction of sp³-hybridized carbons (Fsp3) is 0.100. The Bertz CT molecular complexity index is 1050. The van der Waals surface area contributed by atoms with Gasteiger partial charge in [-0.15, -0.1) is 11.3 Å². The number of benzene rings is 2. The second kappa shape index (κ2) is 6.53. The van der Waals surface area contributed by atoms with Crippen LogP contribution in [0, 0.1) is 6.92 Å². The number of carbonyl (C=O) groups excluding carboxylic acids is 1. The van der Waals surface area contributed by atoms with Gasteiger partial charge in [0, 0.05) is 10.9 Å². The molecule has 0 bridgehead atoms. The molecule has 0 fully saturated rings. The molecule has 0 radical (unpaired) electrons. The highest BCUT2D eigenvalue weighted by Crippen LogP contribution is 2.23. The Morgan fingerprint density at radius 2 is 1.96 bits per heavy atom. The normalized spacial score (nSPS) is 10.9. The molecule has 2 aromatic heterocycles. The summed E-state index contributed by atoms with van der Waals surface area (Å²) in [5.74, 6) is 1.31. The van der Waals surface area contributed by atoms with Crippen molar-refractivity contribution in [2.45, 2.75) is 13.5 Å². The molecule has 0 aliphatic carbocycles. The van der Waals surface area contributed by atoms with Crippen molar-refractivity contribution in [1.82, 2.24) is 10.3 Å². The molecule has 0 atom stereocenters. The van der Waals surface area contributed by atoms with E-state index in [9.17, 15) is 4.79 Å². The van der Waals surface area contributed by atoms with Crippen LogP contribution in [0.2, 0.25) is 0 Å². The Hall–Kier alpha value is -2.92. The lowest BCUT2D eigenvalue weighted by molar-refractivity contribution is 0.0948. The second-order valence-corrected chi connectivity index (χ2v) is 6.82. The number of thiazole rings is 1. The summed E-state index contributed by atoms with van der Waals surface area (Å²) in [5.41, 5.74) is 1.47. The van der Waals surface area contributed by atoms with Crippen LogP contribution in [0.15, 0.2) is 64.4 Å². The molecule has 0 aliphatic rings. The quantitative estimate of drug-likeness (QED) is 0.577. The highest BCUT2D eigenvalue weighted by atomic mass is 32.1. The van der Waals surface area contributed by atoms with Crippen molar-refractivity contribution < 1.29 is 9.21 Å². The summed E-state index contributed by atoms with van der Waals surface area (Å²) in [7, 11) is 0.